The average molecular weight is 127 g/mol. The molecule has 0 aromatic carbocycles. The highest BCUT2D eigenvalue weighted by Gasteiger charge is 2.16. The first-order valence-corrected chi connectivity index (χ1v) is 2.73. The van der Waals surface area contributed by atoms with Crippen molar-refractivity contribution in [1.82, 2.24) is 5.32 Å². The summed E-state index contributed by atoms with van der Waals surface area (Å²) in [6.07, 6.45) is 0.325. The van der Waals surface area contributed by atoms with E-state index in [0.29, 0.717) is 6.42 Å². The molecule has 0 saturated carbocycles. The molecule has 1 atom stereocenters. The Morgan fingerprint density at radius 1 is 1.78 bits per heavy atom. The van der Waals surface area contributed by atoms with Crippen LogP contribution in [-0.2, 0) is 9.90 Å². The van der Waals surface area contributed by atoms with Gasteiger partial charge in [-0.3, -0.25) is 10.1 Å². The van der Waals surface area contributed by atoms with Crippen LogP contribution in [0, 0.1) is 0 Å². The number of rotatable bonds is 0. The monoisotopic (exact) mass is 127 g/mol. The summed E-state index contributed by atoms with van der Waals surface area (Å²) < 4.78 is 0. The number of amidine groups is 1. The second kappa shape index (κ2) is 2.05. The smallest absolute Gasteiger partial charge is 0.276 e. The third-order valence-corrected chi connectivity index (χ3v) is 1.06. The minimum Gasteiger partial charge on any atom is -0.276 e. The van der Waals surface area contributed by atoms with Crippen molar-refractivity contribution < 1.29 is 9.90 Å². The number of amides is 1. The summed E-state index contributed by atoms with van der Waals surface area (Å²) >= 11 is 0. The Balaban J connectivity index is 2.67. The van der Waals surface area contributed by atoms with Gasteiger partial charge in [-0.05, 0) is 6.92 Å². The van der Waals surface area contributed by atoms with Gasteiger partial charge in [0.15, 0.2) is 0 Å². The summed E-state index contributed by atoms with van der Waals surface area (Å²) in [5, 5.41) is 12.5. The lowest BCUT2D eigenvalue weighted by molar-refractivity contribution is -0.120. The Hall–Kier alpha value is -1.06. The molecule has 1 unspecified atom stereocenters. The van der Waals surface area contributed by atoms with E-state index in [9.17, 15) is 9.90 Å². The first kappa shape index (κ1) is 6.07. The molecule has 1 radical (unpaired) electrons. The SMILES string of the molecule is CC1CC(=O)NC([O])=N1. The molecule has 0 spiro atoms. The molecule has 0 aromatic rings. The van der Waals surface area contributed by atoms with Gasteiger partial charge in [0.2, 0.25) is 5.91 Å². The summed E-state index contributed by atoms with van der Waals surface area (Å²) in [6.45, 7) is 1.73. The molecule has 0 aromatic heterocycles. The molecule has 4 heteroatoms. The van der Waals surface area contributed by atoms with Gasteiger partial charge >= 0.3 is 6.02 Å². The van der Waals surface area contributed by atoms with Crippen molar-refractivity contribution in [2.75, 3.05) is 0 Å². The Morgan fingerprint density at radius 3 is 2.89 bits per heavy atom. The second-order valence-electron chi connectivity index (χ2n) is 2.04. The van der Waals surface area contributed by atoms with E-state index in [2.05, 4.69) is 10.3 Å². The van der Waals surface area contributed by atoms with Gasteiger partial charge in [-0.2, -0.15) is 0 Å². The summed E-state index contributed by atoms with van der Waals surface area (Å²) in [5.41, 5.74) is 0. The quantitative estimate of drug-likeness (QED) is 0.476. The van der Waals surface area contributed by atoms with Crippen LogP contribution in [0.4, 0.5) is 0 Å². The molecule has 0 saturated heterocycles. The van der Waals surface area contributed by atoms with Crippen LogP contribution in [-0.4, -0.2) is 18.0 Å². The Kier molecular flexibility index (Phi) is 1.38. The standard InChI is InChI=1S/C5H7N2O2/c1-3-2-4(8)7-5(9)6-3/h3H,2H2,1H3,(H,6,7,8). The number of carbonyl (C=O) groups is 1. The molecule has 1 amide bonds. The summed E-state index contributed by atoms with van der Waals surface area (Å²) in [4.78, 5) is 14.1. The number of nitrogens with zero attached hydrogens (tertiary/aromatic N) is 1. The van der Waals surface area contributed by atoms with Crippen LogP contribution in [0.15, 0.2) is 4.99 Å². The van der Waals surface area contributed by atoms with Crippen molar-refractivity contribution in [2.24, 2.45) is 4.99 Å². The van der Waals surface area contributed by atoms with E-state index in [4.69, 9.17) is 0 Å². The van der Waals surface area contributed by atoms with Crippen molar-refractivity contribution in [1.29, 1.82) is 0 Å². The number of aliphatic imine (C=N–C) groups is 1. The van der Waals surface area contributed by atoms with E-state index in [1.165, 1.54) is 0 Å². The number of carbonyl (C=O) groups excluding carboxylic acids is 1. The van der Waals surface area contributed by atoms with Gasteiger partial charge in [0.1, 0.15) is 0 Å². The molecule has 1 aliphatic rings. The van der Waals surface area contributed by atoms with Crippen LogP contribution in [0.2, 0.25) is 0 Å². The van der Waals surface area contributed by atoms with Crippen molar-refractivity contribution in [2.45, 2.75) is 19.4 Å². The molecule has 1 aliphatic heterocycles. The lowest BCUT2D eigenvalue weighted by Crippen LogP contribution is -2.36. The fourth-order valence-corrected chi connectivity index (χ4v) is 0.717. The first-order valence-electron chi connectivity index (χ1n) is 2.73. The number of hydrogen-bond acceptors (Lipinski definition) is 2. The Morgan fingerprint density at radius 2 is 2.44 bits per heavy atom. The topological polar surface area (TPSA) is 61.4 Å². The summed E-state index contributed by atoms with van der Waals surface area (Å²) in [5.74, 6) is -0.234. The predicted octanol–water partition coefficient (Wildman–Crippen LogP) is -0.319. The molecule has 0 fully saturated rings. The van der Waals surface area contributed by atoms with Crippen LogP contribution in [0.1, 0.15) is 13.3 Å². The molecule has 4 nitrogen and oxygen atoms in total. The second-order valence-corrected chi connectivity index (χ2v) is 2.04. The van der Waals surface area contributed by atoms with Crippen LogP contribution < -0.4 is 5.32 Å². The van der Waals surface area contributed by atoms with E-state index < -0.39 is 6.02 Å². The zero-order valence-electron chi connectivity index (χ0n) is 5.05. The van der Waals surface area contributed by atoms with Crippen molar-refractivity contribution >= 4 is 11.9 Å². The molecule has 0 aliphatic carbocycles. The highest BCUT2D eigenvalue weighted by Crippen LogP contribution is 2.00. The van der Waals surface area contributed by atoms with Crippen molar-refractivity contribution in [3.63, 3.8) is 0 Å². The molecular weight excluding hydrogens is 120 g/mol. The fourth-order valence-electron chi connectivity index (χ4n) is 0.717. The van der Waals surface area contributed by atoms with Crippen LogP contribution in [0.25, 0.3) is 0 Å². The lowest BCUT2D eigenvalue weighted by Gasteiger charge is -2.10. The van der Waals surface area contributed by atoms with Gasteiger partial charge in [-0.1, -0.05) is 0 Å². The first-order chi connectivity index (χ1) is 4.18. The van der Waals surface area contributed by atoms with Gasteiger partial charge in [0.05, 0.1) is 6.04 Å². The molecule has 49 valence electrons. The summed E-state index contributed by atoms with van der Waals surface area (Å²) in [7, 11) is 0. The van der Waals surface area contributed by atoms with Crippen LogP contribution >= 0.6 is 0 Å². The average Bonchev–Trinajstić information content (AvgIpc) is 1.59. The van der Waals surface area contributed by atoms with Gasteiger partial charge < -0.3 is 0 Å². The molecule has 1 rings (SSSR count). The molecule has 1 heterocycles. The molecular formula is C5H7N2O2. The Labute approximate surface area is 52.6 Å². The van der Waals surface area contributed by atoms with E-state index in [1.54, 1.807) is 6.92 Å². The zero-order valence-corrected chi connectivity index (χ0v) is 5.05. The van der Waals surface area contributed by atoms with E-state index in [0.717, 1.165) is 0 Å². The minimum atomic E-state index is -0.515. The zero-order chi connectivity index (χ0) is 6.85. The largest absolute Gasteiger partial charge is 0.343 e. The van der Waals surface area contributed by atoms with E-state index in [-0.39, 0.29) is 11.9 Å². The number of hydrogen-bond donors (Lipinski definition) is 1. The fraction of sp³-hybridized carbons (Fsp3) is 0.600. The van der Waals surface area contributed by atoms with Crippen molar-refractivity contribution in [3.05, 3.63) is 0 Å². The van der Waals surface area contributed by atoms with E-state index >= 15 is 0 Å². The van der Waals surface area contributed by atoms with E-state index in [1.807, 2.05) is 0 Å². The molecule has 9 heavy (non-hydrogen) atoms. The van der Waals surface area contributed by atoms with Crippen LogP contribution in [0.3, 0.4) is 0 Å². The normalized spacial score (nSPS) is 27.0. The number of nitrogens with one attached hydrogen (secondary N) is 1. The van der Waals surface area contributed by atoms with Gasteiger partial charge in [-0.15, -0.1) is 0 Å². The lowest BCUT2D eigenvalue weighted by atomic mass is 10.2. The molecule has 0 bridgehead atoms. The maximum atomic E-state index is 10.5. The maximum absolute atomic E-state index is 10.5. The van der Waals surface area contributed by atoms with Gasteiger partial charge in [0.25, 0.3) is 0 Å². The minimum absolute atomic E-state index is 0.147. The maximum Gasteiger partial charge on any atom is 0.343 e. The highest BCUT2D eigenvalue weighted by molar-refractivity contribution is 5.95. The predicted molar refractivity (Wildman–Crippen MR) is 30.3 cm³/mol. The summed E-state index contributed by atoms with van der Waals surface area (Å²) in [6, 6.07) is -0.662. The Bertz CT molecular complexity index is 164. The van der Waals surface area contributed by atoms with Crippen LogP contribution in [0.5, 0.6) is 0 Å². The third kappa shape index (κ3) is 1.42. The van der Waals surface area contributed by atoms with Crippen molar-refractivity contribution in [3.8, 4) is 0 Å². The third-order valence-electron chi connectivity index (χ3n) is 1.06. The molecule has 1 N–H and O–H groups in total. The highest BCUT2D eigenvalue weighted by atomic mass is 16.3. The van der Waals surface area contributed by atoms with Gasteiger partial charge in [-0.25, -0.2) is 10.1 Å². The van der Waals surface area contributed by atoms with Gasteiger partial charge in [0, 0.05) is 6.42 Å².